The Kier molecular flexibility index (Phi) is 4.97. The number of hydrogen-bond donors (Lipinski definition) is 1. The van der Waals surface area contributed by atoms with Gasteiger partial charge in [-0.1, -0.05) is 30.1 Å². The standard InChI is InChI=1S/C16H21Cl2N3/c1-5-15-11(9-19-16(2,3)4)10-20-21(15)12-6-7-13(17)14(18)8-12/h6-8,10,19H,5,9H2,1-4H3. The van der Waals surface area contributed by atoms with Crippen molar-refractivity contribution >= 4 is 23.2 Å². The average Bonchev–Trinajstić information content (AvgIpc) is 2.81. The molecule has 0 atom stereocenters. The molecule has 0 spiro atoms. The average molecular weight is 326 g/mol. The van der Waals surface area contributed by atoms with Crippen LogP contribution in [0.4, 0.5) is 0 Å². The van der Waals surface area contributed by atoms with Crippen molar-refractivity contribution in [3.63, 3.8) is 0 Å². The molecule has 1 N–H and O–H groups in total. The molecule has 1 heterocycles. The molecule has 5 heteroatoms. The summed E-state index contributed by atoms with van der Waals surface area (Å²) in [7, 11) is 0. The zero-order valence-corrected chi connectivity index (χ0v) is 14.4. The van der Waals surface area contributed by atoms with Gasteiger partial charge in [0.25, 0.3) is 0 Å². The number of benzene rings is 1. The fourth-order valence-corrected chi connectivity index (χ4v) is 2.42. The van der Waals surface area contributed by atoms with Gasteiger partial charge in [0.15, 0.2) is 0 Å². The van der Waals surface area contributed by atoms with Crippen LogP contribution in [0.15, 0.2) is 24.4 Å². The van der Waals surface area contributed by atoms with Crippen molar-refractivity contribution < 1.29 is 0 Å². The Bertz CT molecular complexity index is 627. The van der Waals surface area contributed by atoms with E-state index in [-0.39, 0.29) is 5.54 Å². The summed E-state index contributed by atoms with van der Waals surface area (Å²) in [4.78, 5) is 0. The number of hydrogen-bond acceptors (Lipinski definition) is 2. The molecule has 0 fully saturated rings. The molecule has 21 heavy (non-hydrogen) atoms. The molecular weight excluding hydrogens is 305 g/mol. The van der Waals surface area contributed by atoms with E-state index in [4.69, 9.17) is 23.2 Å². The summed E-state index contributed by atoms with van der Waals surface area (Å²) in [5.41, 5.74) is 3.41. The van der Waals surface area contributed by atoms with Crippen LogP contribution < -0.4 is 5.32 Å². The minimum atomic E-state index is 0.0801. The second-order valence-electron chi connectivity index (χ2n) is 6.08. The predicted molar refractivity (Wildman–Crippen MR) is 89.6 cm³/mol. The zero-order valence-electron chi connectivity index (χ0n) is 12.9. The lowest BCUT2D eigenvalue weighted by molar-refractivity contribution is 0.423. The highest BCUT2D eigenvalue weighted by molar-refractivity contribution is 6.42. The third kappa shape index (κ3) is 4.00. The maximum atomic E-state index is 6.10. The molecule has 0 aliphatic rings. The van der Waals surface area contributed by atoms with Gasteiger partial charge >= 0.3 is 0 Å². The molecule has 1 aromatic heterocycles. The molecule has 0 aliphatic carbocycles. The van der Waals surface area contributed by atoms with Gasteiger partial charge in [0.1, 0.15) is 0 Å². The van der Waals surface area contributed by atoms with E-state index >= 15 is 0 Å². The van der Waals surface area contributed by atoms with Gasteiger partial charge in [-0.25, -0.2) is 4.68 Å². The molecular formula is C16H21Cl2N3. The maximum absolute atomic E-state index is 6.10. The first kappa shape index (κ1) is 16.3. The largest absolute Gasteiger partial charge is 0.308 e. The summed E-state index contributed by atoms with van der Waals surface area (Å²) in [6, 6.07) is 5.58. The van der Waals surface area contributed by atoms with Crippen molar-refractivity contribution in [2.75, 3.05) is 0 Å². The van der Waals surface area contributed by atoms with Crippen LogP contribution in [0, 0.1) is 0 Å². The molecule has 0 radical (unpaired) electrons. The molecule has 114 valence electrons. The van der Waals surface area contributed by atoms with E-state index < -0.39 is 0 Å². The van der Waals surface area contributed by atoms with Crippen molar-refractivity contribution in [3.05, 3.63) is 45.7 Å². The van der Waals surface area contributed by atoms with Crippen molar-refractivity contribution in [3.8, 4) is 5.69 Å². The van der Waals surface area contributed by atoms with Gasteiger partial charge in [0.05, 0.1) is 21.9 Å². The van der Waals surface area contributed by atoms with Crippen LogP contribution in [0.5, 0.6) is 0 Å². The monoisotopic (exact) mass is 325 g/mol. The van der Waals surface area contributed by atoms with E-state index in [2.05, 4.69) is 38.1 Å². The minimum Gasteiger partial charge on any atom is -0.308 e. The van der Waals surface area contributed by atoms with Gasteiger partial charge in [0, 0.05) is 23.3 Å². The van der Waals surface area contributed by atoms with Gasteiger partial charge in [-0.2, -0.15) is 5.10 Å². The number of nitrogens with zero attached hydrogens (tertiary/aromatic N) is 2. The van der Waals surface area contributed by atoms with Crippen molar-refractivity contribution in [1.29, 1.82) is 0 Å². The Hall–Kier alpha value is -1.03. The quantitative estimate of drug-likeness (QED) is 0.888. The van der Waals surface area contributed by atoms with Gasteiger partial charge in [-0.05, 0) is 45.4 Å². The van der Waals surface area contributed by atoms with Crippen molar-refractivity contribution in [2.24, 2.45) is 0 Å². The first-order valence-electron chi connectivity index (χ1n) is 7.08. The fourth-order valence-electron chi connectivity index (χ4n) is 2.13. The van der Waals surface area contributed by atoms with Crippen LogP contribution in [0.3, 0.4) is 0 Å². The Balaban J connectivity index is 2.32. The molecule has 0 aliphatic heterocycles. The van der Waals surface area contributed by atoms with Crippen LogP contribution in [0.25, 0.3) is 5.69 Å². The molecule has 3 nitrogen and oxygen atoms in total. The molecule has 1 aromatic carbocycles. The Morgan fingerprint density at radius 1 is 1.19 bits per heavy atom. The van der Waals surface area contributed by atoms with E-state index in [9.17, 15) is 0 Å². The summed E-state index contributed by atoms with van der Waals surface area (Å²) >= 11 is 12.1. The van der Waals surface area contributed by atoms with Crippen molar-refractivity contribution in [1.82, 2.24) is 15.1 Å². The number of rotatable bonds is 4. The fraction of sp³-hybridized carbons (Fsp3) is 0.438. The maximum Gasteiger partial charge on any atom is 0.0664 e. The molecule has 0 amide bonds. The lowest BCUT2D eigenvalue weighted by Gasteiger charge is -2.20. The SMILES string of the molecule is CCc1c(CNC(C)(C)C)cnn1-c1ccc(Cl)c(Cl)c1. The minimum absolute atomic E-state index is 0.0801. The highest BCUT2D eigenvalue weighted by Gasteiger charge is 2.14. The van der Waals surface area contributed by atoms with Crippen LogP contribution in [0.1, 0.15) is 39.0 Å². The lowest BCUT2D eigenvalue weighted by atomic mass is 10.1. The predicted octanol–water partition coefficient (Wildman–Crippen LogP) is 4.63. The highest BCUT2D eigenvalue weighted by Crippen LogP contribution is 2.25. The van der Waals surface area contributed by atoms with Crippen LogP contribution in [-0.4, -0.2) is 15.3 Å². The van der Waals surface area contributed by atoms with Crippen molar-refractivity contribution in [2.45, 2.75) is 46.2 Å². The van der Waals surface area contributed by atoms with E-state index in [1.165, 1.54) is 11.3 Å². The Morgan fingerprint density at radius 2 is 1.90 bits per heavy atom. The number of aromatic nitrogens is 2. The Morgan fingerprint density at radius 3 is 2.48 bits per heavy atom. The van der Waals surface area contributed by atoms with Gasteiger partial charge < -0.3 is 5.32 Å². The molecule has 0 saturated carbocycles. The number of nitrogens with one attached hydrogen (secondary N) is 1. The van der Waals surface area contributed by atoms with E-state index in [1.807, 2.05) is 23.0 Å². The molecule has 2 rings (SSSR count). The van der Waals surface area contributed by atoms with Crippen LogP contribution in [-0.2, 0) is 13.0 Å². The lowest BCUT2D eigenvalue weighted by Crippen LogP contribution is -2.35. The Labute approximate surface area is 136 Å². The van der Waals surface area contributed by atoms with Gasteiger partial charge in [0.2, 0.25) is 0 Å². The summed E-state index contributed by atoms with van der Waals surface area (Å²) in [5.74, 6) is 0. The molecule has 0 unspecified atom stereocenters. The third-order valence-electron chi connectivity index (χ3n) is 3.25. The molecule has 0 saturated heterocycles. The van der Waals surface area contributed by atoms with E-state index in [1.54, 1.807) is 6.07 Å². The topological polar surface area (TPSA) is 29.9 Å². The normalized spacial score (nSPS) is 11.9. The smallest absolute Gasteiger partial charge is 0.0664 e. The first-order chi connectivity index (χ1) is 9.81. The van der Waals surface area contributed by atoms with Crippen LogP contribution in [0.2, 0.25) is 10.0 Å². The summed E-state index contributed by atoms with van der Waals surface area (Å²) in [5, 5.41) is 9.10. The van der Waals surface area contributed by atoms with E-state index in [0.29, 0.717) is 10.0 Å². The molecule has 0 bridgehead atoms. The summed E-state index contributed by atoms with van der Waals surface area (Å²) in [6.07, 6.45) is 2.82. The van der Waals surface area contributed by atoms with Crippen LogP contribution >= 0.6 is 23.2 Å². The second kappa shape index (κ2) is 6.39. The zero-order chi connectivity index (χ0) is 15.6. The van der Waals surface area contributed by atoms with E-state index in [0.717, 1.165) is 18.7 Å². The summed E-state index contributed by atoms with van der Waals surface area (Å²) < 4.78 is 1.93. The second-order valence-corrected chi connectivity index (χ2v) is 6.90. The molecule has 2 aromatic rings. The van der Waals surface area contributed by atoms with Gasteiger partial charge in [-0.3, -0.25) is 0 Å². The third-order valence-corrected chi connectivity index (χ3v) is 3.99. The summed E-state index contributed by atoms with van der Waals surface area (Å²) in [6.45, 7) is 9.39. The number of halogens is 2. The first-order valence-corrected chi connectivity index (χ1v) is 7.83. The highest BCUT2D eigenvalue weighted by atomic mass is 35.5. The van der Waals surface area contributed by atoms with Gasteiger partial charge in [-0.15, -0.1) is 0 Å².